The summed E-state index contributed by atoms with van der Waals surface area (Å²) in [6.45, 7) is 4.44. The highest BCUT2D eigenvalue weighted by atomic mass is 16.4. The first-order valence-corrected chi connectivity index (χ1v) is 12.3. The quantitative estimate of drug-likeness (QED) is 0.178. The monoisotopic (exact) mass is 520 g/mol. The Morgan fingerprint density at radius 3 is 2.11 bits per heavy atom. The molecule has 12 heteroatoms. The van der Waals surface area contributed by atoms with Gasteiger partial charge in [-0.05, 0) is 55.8 Å². The van der Waals surface area contributed by atoms with Crippen LogP contribution < -0.4 is 21.3 Å². The summed E-state index contributed by atoms with van der Waals surface area (Å²) in [5.41, 5.74) is 0.539. The number of nitrogens with one attached hydrogen (secondary N) is 4. The molecule has 1 fully saturated rings. The predicted octanol–water partition coefficient (Wildman–Crippen LogP) is 0.137. The van der Waals surface area contributed by atoms with Gasteiger partial charge in [-0.2, -0.15) is 0 Å². The number of carbonyl (C=O) groups excluding carboxylic acids is 3. The first kappa shape index (κ1) is 29.6. The van der Waals surface area contributed by atoms with Crippen molar-refractivity contribution in [3.63, 3.8) is 0 Å². The van der Waals surface area contributed by atoms with Crippen molar-refractivity contribution >= 4 is 29.7 Å². The number of hydrogen-bond donors (Lipinski definition) is 7. The number of benzene rings is 1. The maximum absolute atomic E-state index is 13.1. The number of hydrogen-bond acceptors (Lipinski definition) is 7. The standard InChI is InChI=1S/C25H36N4O8/c1-14(2)12-19(28-22(33)17-4-3-11-26-17)24(35)27-18(9-10-21(31)32)23(34)29-20(25(36)37)13-15-5-7-16(30)8-6-15/h5-8,14,17-20,26,30H,3-4,9-13H2,1-2H3,(H,27,35)(H,28,33)(H,29,34)(H,31,32)(H,36,37). The molecule has 0 aromatic heterocycles. The first-order chi connectivity index (χ1) is 17.5. The second-order valence-corrected chi connectivity index (χ2v) is 9.60. The van der Waals surface area contributed by atoms with E-state index in [9.17, 15) is 34.2 Å². The topological polar surface area (TPSA) is 194 Å². The number of carbonyl (C=O) groups is 5. The van der Waals surface area contributed by atoms with Gasteiger partial charge in [0.25, 0.3) is 0 Å². The van der Waals surface area contributed by atoms with Gasteiger partial charge in [-0.25, -0.2) is 4.79 Å². The van der Waals surface area contributed by atoms with Crippen LogP contribution in [-0.2, 0) is 30.4 Å². The molecule has 1 aromatic carbocycles. The summed E-state index contributed by atoms with van der Waals surface area (Å²) in [5, 5.41) is 38.8. The van der Waals surface area contributed by atoms with E-state index in [0.29, 0.717) is 18.5 Å². The summed E-state index contributed by atoms with van der Waals surface area (Å²) in [6, 6.07) is 1.74. The van der Waals surface area contributed by atoms with Crippen molar-refractivity contribution in [3.8, 4) is 5.75 Å². The fourth-order valence-electron chi connectivity index (χ4n) is 4.03. The fourth-order valence-corrected chi connectivity index (χ4v) is 4.03. The van der Waals surface area contributed by atoms with Gasteiger partial charge < -0.3 is 36.6 Å². The Hall–Kier alpha value is -3.67. The molecule has 37 heavy (non-hydrogen) atoms. The number of phenols is 1. The Morgan fingerprint density at radius 1 is 0.946 bits per heavy atom. The SMILES string of the molecule is CC(C)CC(NC(=O)C1CCCN1)C(=O)NC(CCC(=O)O)C(=O)NC(Cc1ccc(O)cc1)C(=O)O. The first-order valence-electron chi connectivity index (χ1n) is 12.3. The molecule has 1 aliphatic rings. The van der Waals surface area contributed by atoms with Crippen LogP contribution in [0.5, 0.6) is 5.75 Å². The molecule has 0 saturated carbocycles. The molecule has 1 aromatic rings. The average molecular weight is 521 g/mol. The number of carboxylic acids is 2. The Morgan fingerprint density at radius 2 is 1.57 bits per heavy atom. The Balaban J connectivity index is 2.14. The lowest BCUT2D eigenvalue weighted by molar-refractivity contribution is -0.143. The number of amides is 3. The minimum Gasteiger partial charge on any atom is -0.508 e. The molecule has 7 N–H and O–H groups in total. The van der Waals surface area contributed by atoms with Crippen molar-refractivity contribution in [2.24, 2.45) is 5.92 Å². The molecule has 12 nitrogen and oxygen atoms in total. The molecule has 4 atom stereocenters. The molecule has 0 aliphatic carbocycles. The van der Waals surface area contributed by atoms with E-state index in [2.05, 4.69) is 21.3 Å². The number of aromatic hydroxyl groups is 1. The molecule has 0 radical (unpaired) electrons. The zero-order valence-electron chi connectivity index (χ0n) is 21.0. The van der Waals surface area contributed by atoms with Gasteiger partial charge in [0.2, 0.25) is 17.7 Å². The van der Waals surface area contributed by atoms with Crippen LogP contribution in [-0.4, -0.2) is 75.7 Å². The van der Waals surface area contributed by atoms with Crippen LogP contribution in [0.1, 0.15) is 51.5 Å². The minimum atomic E-state index is -1.36. The number of phenolic OH excluding ortho intramolecular Hbond substituents is 1. The van der Waals surface area contributed by atoms with Crippen LogP contribution in [0.3, 0.4) is 0 Å². The Labute approximate surface area is 215 Å². The van der Waals surface area contributed by atoms with Crippen molar-refractivity contribution in [2.75, 3.05) is 6.54 Å². The lowest BCUT2D eigenvalue weighted by Crippen LogP contribution is -2.57. The van der Waals surface area contributed by atoms with Crippen LogP contribution in [0.25, 0.3) is 0 Å². The molecule has 0 bridgehead atoms. The molecular weight excluding hydrogens is 484 g/mol. The summed E-state index contributed by atoms with van der Waals surface area (Å²) in [7, 11) is 0. The molecule has 204 valence electrons. The van der Waals surface area contributed by atoms with Gasteiger partial charge in [0.05, 0.1) is 6.04 Å². The number of rotatable bonds is 14. The summed E-state index contributed by atoms with van der Waals surface area (Å²) < 4.78 is 0. The van der Waals surface area contributed by atoms with Crippen molar-refractivity contribution in [2.45, 2.75) is 76.5 Å². The van der Waals surface area contributed by atoms with E-state index in [4.69, 9.17) is 5.11 Å². The highest BCUT2D eigenvalue weighted by Crippen LogP contribution is 2.13. The van der Waals surface area contributed by atoms with Crippen molar-refractivity contribution in [1.29, 1.82) is 0 Å². The van der Waals surface area contributed by atoms with Crippen LogP contribution in [0, 0.1) is 5.92 Å². The minimum absolute atomic E-state index is 0.00265. The average Bonchev–Trinajstić information content (AvgIpc) is 3.36. The second kappa shape index (κ2) is 14.2. The molecule has 2 rings (SSSR count). The molecule has 0 spiro atoms. The van der Waals surface area contributed by atoms with E-state index in [1.54, 1.807) is 0 Å². The van der Waals surface area contributed by atoms with Crippen LogP contribution in [0.15, 0.2) is 24.3 Å². The number of aliphatic carboxylic acids is 2. The summed E-state index contributed by atoms with van der Waals surface area (Å²) >= 11 is 0. The van der Waals surface area contributed by atoms with Crippen LogP contribution in [0.2, 0.25) is 0 Å². The van der Waals surface area contributed by atoms with Crippen molar-refractivity contribution in [1.82, 2.24) is 21.3 Å². The Kier molecular flexibility index (Phi) is 11.3. The molecular formula is C25H36N4O8. The smallest absolute Gasteiger partial charge is 0.326 e. The second-order valence-electron chi connectivity index (χ2n) is 9.60. The predicted molar refractivity (Wildman–Crippen MR) is 133 cm³/mol. The van der Waals surface area contributed by atoms with Crippen molar-refractivity contribution in [3.05, 3.63) is 29.8 Å². The maximum atomic E-state index is 13.1. The number of carboxylic acid groups (broad SMARTS) is 2. The molecule has 4 unspecified atom stereocenters. The summed E-state index contributed by atoms with van der Waals surface area (Å²) in [6.07, 6.45) is 0.957. The van der Waals surface area contributed by atoms with Crippen LogP contribution in [0.4, 0.5) is 0 Å². The van der Waals surface area contributed by atoms with Gasteiger partial charge in [-0.1, -0.05) is 26.0 Å². The van der Waals surface area contributed by atoms with E-state index in [-0.39, 0.29) is 36.8 Å². The maximum Gasteiger partial charge on any atom is 0.326 e. The van der Waals surface area contributed by atoms with Gasteiger partial charge in [0.15, 0.2) is 0 Å². The van der Waals surface area contributed by atoms with Gasteiger partial charge >= 0.3 is 11.9 Å². The normalized spacial score (nSPS) is 17.4. The largest absolute Gasteiger partial charge is 0.508 e. The lowest BCUT2D eigenvalue weighted by Gasteiger charge is -2.26. The van der Waals surface area contributed by atoms with Gasteiger partial charge in [-0.3, -0.25) is 19.2 Å². The molecule has 3 amide bonds. The third-order valence-corrected chi connectivity index (χ3v) is 5.99. The zero-order valence-corrected chi connectivity index (χ0v) is 21.0. The van der Waals surface area contributed by atoms with E-state index in [1.165, 1.54) is 24.3 Å². The summed E-state index contributed by atoms with van der Waals surface area (Å²) in [4.78, 5) is 61.7. The van der Waals surface area contributed by atoms with Crippen LogP contribution >= 0.6 is 0 Å². The fraction of sp³-hybridized carbons (Fsp3) is 0.560. The third-order valence-electron chi connectivity index (χ3n) is 5.99. The molecule has 1 heterocycles. The Bertz CT molecular complexity index is 960. The van der Waals surface area contributed by atoms with Gasteiger partial charge in [0.1, 0.15) is 23.9 Å². The summed E-state index contributed by atoms with van der Waals surface area (Å²) in [5.74, 6) is -4.32. The molecule has 1 saturated heterocycles. The van der Waals surface area contributed by atoms with E-state index >= 15 is 0 Å². The third kappa shape index (κ3) is 10.1. The van der Waals surface area contributed by atoms with Gasteiger partial charge in [0, 0.05) is 12.8 Å². The highest BCUT2D eigenvalue weighted by molar-refractivity contribution is 5.94. The molecule has 1 aliphatic heterocycles. The zero-order chi connectivity index (χ0) is 27.5. The highest BCUT2D eigenvalue weighted by Gasteiger charge is 2.32. The van der Waals surface area contributed by atoms with E-state index in [1.807, 2.05) is 13.8 Å². The lowest BCUT2D eigenvalue weighted by atomic mass is 10.0. The van der Waals surface area contributed by atoms with Crippen molar-refractivity contribution < 1.29 is 39.3 Å². The van der Waals surface area contributed by atoms with Gasteiger partial charge in [-0.15, -0.1) is 0 Å². The van der Waals surface area contributed by atoms with E-state index in [0.717, 1.165) is 6.42 Å². The van der Waals surface area contributed by atoms with E-state index < -0.39 is 54.3 Å².